The fraction of sp³-hybridized carbons (Fsp3) is 0.300. The van der Waals surface area contributed by atoms with Gasteiger partial charge in [0, 0.05) is 0 Å². The fourth-order valence-electron chi connectivity index (χ4n) is 1.21. The van der Waals surface area contributed by atoms with E-state index in [1.54, 1.807) is 6.20 Å². The predicted octanol–water partition coefficient (Wildman–Crippen LogP) is 2.60. The number of hydrogen-bond acceptors (Lipinski definition) is 5. The molecule has 84 valence electrons. The van der Waals surface area contributed by atoms with Gasteiger partial charge in [-0.3, -0.25) is 0 Å². The van der Waals surface area contributed by atoms with Crippen LogP contribution in [0.15, 0.2) is 23.0 Å². The molecule has 0 bridgehead atoms. The zero-order chi connectivity index (χ0) is 11.5. The van der Waals surface area contributed by atoms with Crippen molar-refractivity contribution in [2.75, 3.05) is 5.32 Å². The number of aromatic nitrogens is 3. The summed E-state index contributed by atoms with van der Waals surface area (Å²) in [6, 6.07) is -0.0881. The van der Waals surface area contributed by atoms with Gasteiger partial charge < -0.3 is 9.73 Å². The standard InChI is InChI=1S/C10H11ClN4O/c1-6-3-12-9(16-6)7(2)15-10-13-4-8(11)5-14-10/h3-5,7H,1-2H3,(H,13,14,15). The fourth-order valence-corrected chi connectivity index (χ4v) is 1.31. The number of oxazole rings is 1. The van der Waals surface area contributed by atoms with Crippen LogP contribution in [0.25, 0.3) is 0 Å². The average molecular weight is 239 g/mol. The summed E-state index contributed by atoms with van der Waals surface area (Å²) < 4.78 is 5.39. The molecule has 0 saturated carbocycles. The SMILES string of the molecule is Cc1cnc(C(C)Nc2ncc(Cl)cn2)o1. The van der Waals surface area contributed by atoms with Gasteiger partial charge in [-0.15, -0.1) is 0 Å². The Morgan fingerprint density at radius 3 is 2.50 bits per heavy atom. The quantitative estimate of drug-likeness (QED) is 0.891. The zero-order valence-corrected chi connectivity index (χ0v) is 9.69. The maximum Gasteiger partial charge on any atom is 0.223 e. The molecule has 0 aliphatic heterocycles. The molecule has 0 aliphatic rings. The third-order valence-corrected chi connectivity index (χ3v) is 2.17. The first-order valence-electron chi connectivity index (χ1n) is 4.81. The van der Waals surface area contributed by atoms with Crippen molar-refractivity contribution in [1.82, 2.24) is 15.0 Å². The molecule has 16 heavy (non-hydrogen) atoms. The smallest absolute Gasteiger partial charge is 0.223 e. The second kappa shape index (κ2) is 4.49. The van der Waals surface area contributed by atoms with Crippen LogP contribution in [0.5, 0.6) is 0 Å². The van der Waals surface area contributed by atoms with E-state index < -0.39 is 0 Å². The van der Waals surface area contributed by atoms with E-state index in [1.807, 2.05) is 13.8 Å². The van der Waals surface area contributed by atoms with Gasteiger partial charge in [0.2, 0.25) is 11.8 Å². The van der Waals surface area contributed by atoms with Crippen LogP contribution in [-0.2, 0) is 0 Å². The van der Waals surface area contributed by atoms with Crippen molar-refractivity contribution in [2.24, 2.45) is 0 Å². The van der Waals surface area contributed by atoms with E-state index in [9.17, 15) is 0 Å². The summed E-state index contributed by atoms with van der Waals surface area (Å²) in [7, 11) is 0. The predicted molar refractivity (Wildman–Crippen MR) is 60.3 cm³/mol. The Balaban J connectivity index is 2.07. The van der Waals surface area contributed by atoms with Gasteiger partial charge in [0.25, 0.3) is 0 Å². The van der Waals surface area contributed by atoms with Gasteiger partial charge in [0.1, 0.15) is 11.8 Å². The highest BCUT2D eigenvalue weighted by Gasteiger charge is 2.11. The largest absolute Gasteiger partial charge is 0.444 e. The number of nitrogens with one attached hydrogen (secondary N) is 1. The van der Waals surface area contributed by atoms with Crippen LogP contribution < -0.4 is 5.32 Å². The van der Waals surface area contributed by atoms with Crippen molar-refractivity contribution in [2.45, 2.75) is 19.9 Å². The molecule has 2 rings (SSSR count). The number of hydrogen-bond donors (Lipinski definition) is 1. The summed E-state index contributed by atoms with van der Waals surface area (Å²) in [5.74, 6) is 1.88. The van der Waals surface area contributed by atoms with Crippen molar-refractivity contribution < 1.29 is 4.42 Å². The Kier molecular flexibility index (Phi) is 3.05. The van der Waals surface area contributed by atoms with E-state index >= 15 is 0 Å². The summed E-state index contributed by atoms with van der Waals surface area (Å²) in [6.07, 6.45) is 4.74. The Morgan fingerprint density at radius 2 is 1.94 bits per heavy atom. The Labute approximate surface area is 97.9 Å². The molecule has 0 aliphatic carbocycles. The number of aryl methyl sites for hydroxylation is 1. The summed E-state index contributed by atoms with van der Waals surface area (Å²) in [4.78, 5) is 12.2. The highest BCUT2D eigenvalue weighted by atomic mass is 35.5. The molecule has 2 aromatic heterocycles. The minimum atomic E-state index is -0.0881. The van der Waals surface area contributed by atoms with E-state index in [1.165, 1.54) is 12.4 Å². The Morgan fingerprint density at radius 1 is 1.25 bits per heavy atom. The van der Waals surface area contributed by atoms with E-state index in [4.69, 9.17) is 16.0 Å². The van der Waals surface area contributed by atoms with Crippen LogP contribution in [0.2, 0.25) is 5.02 Å². The minimum absolute atomic E-state index is 0.0881. The lowest BCUT2D eigenvalue weighted by atomic mass is 10.3. The molecule has 1 atom stereocenters. The number of nitrogens with zero attached hydrogens (tertiary/aromatic N) is 3. The third kappa shape index (κ3) is 2.49. The Hall–Kier alpha value is -1.62. The molecule has 1 N–H and O–H groups in total. The molecule has 0 amide bonds. The van der Waals surface area contributed by atoms with Crippen LogP contribution in [-0.4, -0.2) is 15.0 Å². The highest BCUT2D eigenvalue weighted by molar-refractivity contribution is 6.30. The molecule has 6 heteroatoms. The van der Waals surface area contributed by atoms with Gasteiger partial charge in [-0.25, -0.2) is 15.0 Å². The lowest BCUT2D eigenvalue weighted by Gasteiger charge is -2.09. The van der Waals surface area contributed by atoms with E-state index in [0.717, 1.165) is 5.76 Å². The second-order valence-electron chi connectivity index (χ2n) is 3.40. The minimum Gasteiger partial charge on any atom is -0.444 e. The first kappa shape index (κ1) is 10.9. The molecule has 1 unspecified atom stereocenters. The first-order valence-corrected chi connectivity index (χ1v) is 5.19. The lowest BCUT2D eigenvalue weighted by Crippen LogP contribution is -2.09. The summed E-state index contributed by atoms with van der Waals surface area (Å²) in [6.45, 7) is 3.77. The zero-order valence-electron chi connectivity index (χ0n) is 8.94. The second-order valence-corrected chi connectivity index (χ2v) is 3.84. The highest BCUT2D eigenvalue weighted by Crippen LogP contribution is 2.16. The van der Waals surface area contributed by atoms with E-state index in [0.29, 0.717) is 16.9 Å². The molecule has 0 spiro atoms. The van der Waals surface area contributed by atoms with Crippen LogP contribution in [0.4, 0.5) is 5.95 Å². The Bertz CT molecular complexity index is 468. The van der Waals surface area contributed by atoms with Gasteiger partial charge in [-0.2, -0.15) is 0 Å². The van der Waals surface area contributed by atoms with Crippen LogP contribution >= 0.6 is 11.6 Å². The van der Waals surface area contributed by atoms with Gasteiger partial charge in [-0.05, 0) is 13.8 Å². The molecular weight excluding hydrogens is 228 g/mol. The van der Waals surface area contributed by atoms with Crippen molar-refractivity contribution in [1.29, 1.82) is 0 Å². The molecule has 2 heterocycles. The number of halogens is 1. The van der Waals surface area contributed by atoms with Gasteiger partial charge in [0.15, 0.2) is 0 Å². The topological polar surface area (TPSA) is 63.8 Å². The number of rotatable bonds is 3. The van der Waals surface area contributed by atoms with Crippen LogP contribution in [0.3, 0.4) is 0 Å². The molecule has 2 aromatic rings. The first-order chi connectivity index (χ1) is 7.65. The van der Waals surface area contributed by atoms with Gasteiger partial charge in [0.05, 0.1) is 23.6 Å². The normalized spacial score (nSPS) is 12.4. The van der Waals surface area contributed by atoms with E-state index in [2.05, 4.69) is 20.3 Å². The summed E-state index contributed by atoms with van der Waals surface area (Å²) >= 11 is 5.68. The molecular formula is C10H11ClN4O. The van der Waals surface area contributed by atoms with Crippen LogP contribution in [0, 0.1) is 6.92 Å². The average Bonchev–Trinajstić information content (AvgIpc) is 2.68. The molecule has 0 aromatic carbocycles. The third-order valence-electron chi connectivity index (χ3n) is 1.98. The molecule has 0 radical (unpaired) electrons. The van der Waals surface area contributed by atoms with Crippen molar-refractivity contribution >= 4 is 17.5 Å². The maximum atomic E-state index is 5.68. The molecule has 5 nitrogen and oxygen atoms in total. The summed E-state index contributed by atoms with van der Waals surface area (Å²) in [5.41, 5.74) is 0. The van der Waals surface area contributed by atoms with Crippen molar-refractivity contribution in [3.8, 4) is 0 Å². The maximum absolute atomic E-state index is 5.68. The number of anilines is 1. The lowest BCUT2D eigenvalue weighted by molar-refractivity contribution is 0.453. The monoisotopic (exact) mass is 238 g/mol. The van der Waals surface area contributed by atoms with Gasteiger partial charge in [-0.1, -0.05) is 11.6 Å². The van der Waals surface area contributed by atoms with Gasteiger partial charge >= 0.3 is 0 Å². The molecule has 0 saturated heterocycles. The van der Waals surface area contributed by atoms with Crippen molar-refractivity contribution in [3.05, 3.63) is 35.3 Å². The van der Waals surface area contributed by atoms with Crippen molar-refractivity contribution in [3.63, 3.8) is 0 Å². The molecule has 0 fully saturated rings. The van der Waals surface area contributed by atoms with E-state index in [-0.39, 0.29) is 6.04 Å². The summed E-state index contributed by atoms with van der Waals surface area (Å²) in [5, 5.41) is 3.57. The van der Waals surface area contributed by atoms with Crippen LogP contribution in [0.1, 0.15) is 24.6 Å².